The molecule has 1 aromatic carbocycles. The second-order valence-electron chi connectivity index (χ2n) is 8.41. The molecule has 2 heterocycles. The Bertz CT molecular complexity index is 1030. The van der Waals surface area contributed by atoms with E-state index in [9.17, 15) is 19.2 Å². The van der Waals surface area contributed by atoms with Gasteiger partial charge >= 0.3 is 5.97 Å². The fourth-order valence-corrected chi connectivity index (χ4v) is 3.46. The molecule has 3 rings (SSSR count). The van der Waals surface area contributed by atoms with Crippen molar-refractivity contribution in [1.29, 1.82) is 0 Å². The van der Waals surface area contributed by atoms with Gasteiger partial charge in [-0.1, -0.05) is 37.6 Å². The lowest BCUT2D eigenvalue weighted by atomic mass is 9.76. The number of ether oxygens (including phenoxy) is 1. The average Bonchev–Trinajstić information content (AvgIpc) is 2.73. The van der Waals surface area contributed by atoms with E-state index in [-0.39, 0.29) is 13.1 Å². The first kappa shape index (κ1) is 22.9. The van der Waals surface area contributed by atoms with Crippen LogP contribution in [0, 0.1) is 18.3 Å². The largest absolute Gasteiger partial charge is 0.480 e. The fraction of sp³-hybridized carbons (Fsp3) is 0.348. The molecule has 0 spiro atoms. The molecule has 1 aliphatic rings. The number of pyridine rings is 1. The Hall–Kier alpha value is -3.75. The Kier molecular flexibility index (Phi) is 6.57. The van der Waals surface area contributed by atoms with Gasteiger partial charge < -0.3 is 20.1 Å². The Morgan fingerprint density at radius 2 is 1.88 bits per heavy atom. The van der Waals surface area contributed by atoms with Gasteiger partial charge in [-0.25, -0.2) is 4.98 Å². The Morgan fingerprint density at radius 3 is 2.47 bits per heavy atom. The topological polar surface area (TPSA) is 126 Å². The highest BCUT2D eigenvalue weighted by Gasteiger charge is 2.49. The quantitative estimate of drug-likeness (QED) is 0.632. The number of likely N-dealkylation sites (tertiary alicyclic amines) is 1. The number of aryl methyl sites for hydroxylation is 1. The minimum absolute atomic E-state index is 0.134. The first-order chi connectivity index (χ1) is 15.1. The molecular weight excluding hydrogens is 414 g/mol. The summed E-state index contributed by atoms with van der Waals surface area (Å²) in [6.07, 6.45) is 1.57. The van der Waals surface area contributed by atoms with Crippen LogP contribution in [0.5, 0.6) is 11.6 Å². The van der Waals surface area contributed by atoms with Crippen molar-refractivity contribution in [2.75, 3.05) is 13.1 Å². The van der Waals surface area contributed by atoms with Crippen molar-refractivity contribution in [2.24, 2.45) is 11.3 Å². The monoisotopic (exact) mass is 439 g/mol. The predicted octanol–water partition coefficient (Wildman–Crippen LogP) is 1.94. The first-order valence-electron chi connectivity index (χ1n) is 10.1. The lowest BCUT2D eigenvalue weighted by Gasteiger charge is -2.40. The number of piperidine rings is 1. The summed E-state index contributed by atoms with van der Waals surface area (Å²) in [6, 6.07) is 11.0. The van der Waals surface area contributed by atoms with E-state index in [1.54, 1.807) is 32.2 Å². The average molecular weight is 439 g/mol. The summed E-state index contributed by atoms with van der Waals surface area (Å²) in [7, 11) is 0. The van der Waals surface area contributed by atoms with Crippen molar-refractivity contribution in [1.82, 2.24) is 15.2 Å². The van der Waals surface area contributed by atoms with Crippen molar-refractivity contribution in [3.05, 3.63) is 53.7 Å². The van der Waals surface area contributed by atoms with Crippen LogP contribution in [0.15, 0.2) is 42.6 Å². The predicted molar refractivity (Wildman–Crippen MR) is 114 cm³/mol. The molecule has 168 valence electrons. The Labute approximate surface area is 185 Å². The molecule has 1 atom stereocenters. The number of ketones is 1. The molecule has 1 saturated heterocycles. The van der Waals surface area contributed by atoms with E-state index < -0.39 is 41.4 Å². The zero-order valence-corrected chi connectivity index (χ0v) is 18.1. The van der Waals surface area contributed by atoms with Crippen molar-refractivity contribution >= 4 is 23.6 Å². The first-order valence-corrected chi connectivity index (χ1v) is 10.1. The summed E-state index contributed by atoms with van der Waals surface area (Å²) in [5.74, 6) is -3.88. The number of hydrogen-bond donors (Lipinski definition) is 2. The van der Waals surface area contributed by atoms with Crippen molar-refractivity contribution < 1.29 is 29.0 Å². The number of amides is 2. The van der Waals surface area contributed by atoms with Crippen LogP contribution >= 0.6 is 0 Å². The van der Waals surface area contributed by atoms with Crippen LogP contribution in [0.3, 0.4) is 0 Å². The Balaban J connectivity index is 1.71. The molecule has 1 fully saturated rings. The van der Waals surface area contributed by atoms with Gasteiger partial charge in [0, 0.05) is 30.8 Å². The van der Waals surface area contributed by atoms with E-state index in [2.05, 4.69) is 10.3 Å². The SMILES string of the molecule is Cc1ccc(Oc2ccc(CN3CC(C)(C)C(=O)C(C(=O)NCC(=O)O)C3=O)cn2)cc1. The number of carbonyl (C=O) groups excluding carboxylic acids is 3. The van der Waals surface area contributed by atoms with Gasteiger partial charge in [0.1, 0.15) is 12.3 Å². The number of Topliss-reactive ketones (excluding diaryl/α,β-unsaturated/α-hetero) is 1. The number of nitrogens with zero attached hydrogens (tertiary/aromatic N) is 2. The molecule has 9 heteroatoms. The summed E-state index contributed by atoms with van der Waals surface area (Å²) in [5.41, 5.74) is 0.855. The maximum atomic E-state index is 12.9. The molecule has 9 nitrogen and oxygen atoms in total. The van der Waals surface area contributed by atoms with E-state index >= 15 is 0 Å². The third-order valence-electron chi connectivity index (χ3n) is 5.16. The summed E-state index contributed by atoms with van der Waals surface area (Å²) in [5, 5.41) is 10.9. The van der Waals surface area contributed by atoms with Gasteiger partial charge in [0.15, 0.2) is 11.7 Å². The van der Waals surface area contributed by atoms with E-state index in [4.69, 9.17) is 9.84 Å². The van der Waals surface area contributed by atoms with E-state index in [0.717, 1.165) is 5.56 Å². The van der Waals surface area contributed by atoms with Crippen LogP contribution < -0.4 is 10.1 Å². The second-order valence-corrected chi connectivity index (χ2v) is 8.41. The standard InChI is InChI=1S/C23H25N3O6/c1-14-4-7-16(8-5-14)32-17-9-6-15(10-24-17)12-26-13-23(2,3)20(29)19(22(26)31)21(30)25-11-18(27)28/h4-10,19H,11-13H2,1-3H3,(H,25,30)(H,27,28). The molecule has 0 saturated carbocycles. The third-order valence-corrected chi connectivity index (χ3v) is 5.16. The third kappa shape index (κ3) is 5.29. The summed E-state index contributed by atoms with van der Waals surface area (Å²) < 4.78 is 5.70. The maximum absolute atomic E-state index is 12.9. The number of carboxylic acids is 1. The molecule has 0 aliphatic carbocycles. The van der Waals surface area contributed by atoms with Crippen LogP contribution in [0.1, 0.15) is 25.0 Å². The van der Waals surface area contributed by atoms with Gasteiger partial charge in [-0.2, -0.15) is 0 Å². The van der Waals surface area contributed by atoms with Crippen LogP contribution in [-0.2, 0) is 25.7 Å². The molecule has 2 N–H and O–H groups in total. The van der Waals surface area contributed by atoms with Crippen molar-refractivity contribution in [2.45, 2.75) is 27.3 Å². The molecular formula is C23H25N3O6. The molecule has 1 aromatic heterocycles. The maximum Gasteiger partial charge on any atom is 0.322 e. The zero-order valence-electron chi connectivity index (χ0n) is 18.1. The smallest absolute Gasteiger partial charge is 0.322 e. The number of benzene rings is 1. The summed E-state index contributed by atoms with van der Waals surface area (Å²) >= 11 is 0. The number of aliphatic carboxylic acids is 1. The van der Waals surface area contributed by atoms with Gasteiger partial charge in [0.25, 0.3) is 0 Å². The number of carboxylic acid groups (broad SMARTS) is 1. The molecule has 2 aromatic rings. The van der Waals surface area contributed by atoms with E-state index in [1.807, 2.05) is 31.2 Å². The number of aromatic nitrogens is 1. The minimum atomic E-state index is -1.57. The van der Waals surface area contributed by atoms with Crippen LogP contribution in [0.4, 0.5) is 0 Å². The van der Waals surface area contributed by atoms with E-state index in [0.29, 0.717) is 17.2 Å². The lowest BCUT2D eigenvalue weighted by molar-refractivity contribution is -0.158. The van der Waals surface area contributed by atoms with Gasteiger partial charge in [0.05, 0.1) is 0 Å². The molecule has 1 unspecified atom stereocenters. The highest BCUT2D eigenvalue weighted by atomic mass is 16.5. The lowest BCUT2D eigenvalue weighted by Crippen LogP contribution is -2.59. The van der Waals surface area contributed by atoms with E-state index in [1.165, 1.54) is 4.90 Å². The highest BCUT2D eigenvalue weighted by molar-refractivity contribution is 6.21. The fourth-order valence-electron chi connectivity index (χ4n) is 3.46. The summed E-state index contributed by atoms with van der Waals surface area (Å²) in [4.78, 5) is 54.4. The number of nitrogens with one attached hydrogen (secondary N) is 1. The van der Waals surface area contributed by atoms with Crippen LogP contribution in [0.2, 0.25) is 0 Å². The molecule has 32 heavy (non-hydrogen) atoms. The number of hydrogen-bond acceptors (Lipinski definition) is 6. The molecule has 0 bridgehead atoms. The summed E-state index contributed by atoms with van der Waals surface area (Å²) in [6.45, 7) is 4.91. The minimum Gasteiger partial charge on any atom is -0.480 e. The highest BCUT2D eigenvalue weighted by Crippen LogP contribution is 2.31. The zero-order chi connectivity index (χ0) is 23.5. The van der Waals surface area contributed by atoms with Crippen molar-refractivity contribution in [3.8, 4) is 11.6 Å². The molecule has 2 amide bonds. The number of rotatable bonds is 7. The van der Waals surface area contributed by atoms with Crippen LogP contribution in [-0.4, -0.2) is 51.6 Å². The second kappa shape index (κ2) is 9.17. The normalized spacial score (nSPS) is 17.7. The molecule has 0 radical (unpaired) electrons. The van der Waals surface area contributed by atoms with Gasteiger partial charge in [0.2, 0.25) is 17.7 Å². The number of carbonyl (C=O) groups is 4. The van der Waals surface area contributed by atoms with Crippen LogP contribution in [0.25, 0.3) is 0 Å². The van der Waals surface area contributed by atoms with Gasteiger partial charge in [-0.3, -0.25) is 19.2 Å². The Morgan fingerprint density at radius 1 is 1.19 bits per heavy atom. The van der Waals surface area contributed by atoms with Crippen molar-refractivity contribution in [3.63, 3.8) is 0 Å². The molecule has 1 aliphatic heterocycles. The van der Waals surface area contributed by atoms with Gasteiger partial charge in [-0.05, 0) is 24.6 Å². The van der Waals surface area contributed by atoms with Gasteiger partial charge in [-0.15, -0.1) is 0 Å².